The van der Waals surface area contributed by atoms with E-state index in [0.29, 0.717) is 25.8 Å². The third kappa shape index (κ3) is 6.53. The van der Waals surface area contributed by atoms with Crippen LogP contribution in [-0.2, 0) is 11.4 Å². The Labute approximate surface area is 213 Å². The molecule has 34 heavy (non-hydrogen) atoms. The monoisotopic (exact) mass is 583 g/mol. The minimum atomic E-state index is -0.475. The molecule has 0 saturated heterocycles. The van der Waals surface area contributed by atoms with Gasteiger partial charge in [-0.25, -0.2) is 0 Å². The highest BCUT2D eigenvalue weighted by Gasteiger charge is 2.15. The molecule has 3 rings (SSSR count). The first-order chi connectivity index (χ1) is 16.3. The van der Waals surface area contributed by atoms with Crippen LogP contribution in [0, 0.1) is 21.4 Å². The number of halogens is 2. The minimum absolute atomic E-state index is 0.0105. The molecule has 1 amide bonds. The zero-order chi connectivity index (χ0) is 24.7. The molecule has 0 aromatic heterocycles. The Morgan fingerprint density at radius 2 is 1.82 bits per heavy atom. The molecule has 0 spiro atoms. The van der Waals surface area contributed by atoms with E-state index >= 15 is 0 Å². The van der Waals surface area contributed by atoms with E-state index in [1.54, 1.807) is 24.3 Å². The predicted octanol–water partition coefficient (Wildman–Crippen LogP) is 6.48. The number of non-ortho nitro benzene ring substituents is 1. The Balaban J connectivity index is 1.74. The molecular weight excluding hydrogens is 566 g/mol. The van der Waals surface area contributed by atoms with E-state index in [2.05, 4.69) is 37.2 Å². The van der Waals surface area contributed by atoms with Crippen LogP contribution in [0.4, 0.5) is 5.69 Å². The van der Waals surface area contributed by atoms with Crippen molar-refractivity contribution in [2.75, 3.05) is 0 Å². The standard InChI is InChI=1S/C25H19Br2N3O4/c1-16(19-7-3-2-4-8-19)29-25(31)20(14-28)10-18-12-22(26)24(23(27)13-18)34-15-17-6-5-9-21(11-17)30(32)33/h2-13,16H,15H2,1H3,(H,29,31)/b20-10-/t16-/m0/s1. The lowest BCUT2D eigenvalue weighted by molar-refractivity contribution is -0.384. The second kappa shape index (κ2) is 11.6. The molecule has 0 heterocycles. The van der Waals surface area contributed by atoms with Crippen LogP contribution in [0.5, 0.6) is 5.75 Å². The van der Waals surface area contributed by atoms with Gasteiger partial charge in [0.05, 0.1) is 19.9 Å². The van der Waals surface area contributed by atoms with Gasteiger partial charge in [0, 0.05) is 12.1 Å². The largest absolute Gasteiger partial charge is 0.487 e. The Bertz CT molecular complexity index is 1260. The summed E-state index contributed by atoms with van der Waals surface area (Å²) in [5, 5.41) is 23.3. The van der Waals surface area contributed by atoms with Gasteiger partial charge >= 0.3 is 0 Å². The van der Waals surface area contributed by atoms with Gasteiger partial charge in [-0.15, -0.1) is 0 Å². The molecule has 0 radical (unpaired) electrons. The maximum Gasteiger partial charge on any atom is 0.269 e. The smallest absolute Gasteiger partial charge is 0.269 e. The molecule has 9 heteroatoms. The normalized spacial score (nSPS) is 11.9. The van der Waals surface area contributed by atoms with Crippen LogP contribution in [0.2, 0.25) is 0 Å². The summed E-state index contributed by atoms with van der Waals surface area (Å²) < 4.78 is 7.03. The number of carbonyl (C=O) groups excluding carboxylic acids is 1. The lowest BCUT2D eigenvalue weighted by Crippen LogP contribution is -2.27. The Morgan fingerprint density at radius 1 is 1.15 bits per heavy atom. The third-order valence-electron chi connectivity index (χ3n) is 4.85. The lowest BCUT2D eigenvalue weighted by atomic mass is 10.1. The van der Waals surface area contributed by atoms with Gasteiger partial charge < -0.3 is 10.1 Å². The first-order valence-electron chi connectivity index (χ1n) is 10.1. The number of rotatable bonds is 8. The Hall–Kier alpha value is -3.48. The van der Waals surface area contributed by atoms with Crippen LogP contribution in [0.1, 0.15) is 29.7 Å². The van der Waals surface area contributed by atoms with Crippen molar-refractivity contribution in [1.29, 1.82) is 5.26 Å². The SMILES string of the molecule is C[C@H](NC(=O)/C(C#N)=C\c1cc(Br)c(OCc2cccc([N+](=O)[O-])c2)c(Br)c1)c1ccccc1. The van der Waals surface area contributed by atoms with Crippen molar-refractivity contribution < 1.29 is 14.5 Å². The molecule has 172 valence electrons. The van der Waals surface area contributed by atoms with E-state index in [-0.39, 0.29) is 23.9 Å². The quantitative estimate of drug-likeness (QED) is 0.141. The number of nitrogens with zero attached hydrogens (tertiary/aromatic N) is 2. The molecule has 0 unspecified atom stereocenters. The van der Waals surface area contributed by atoms with Gasteiger partial charge in [-0.2, -0.15) is 5.26 Å². The molecule has 0 saturated carbocycles. The van der Waals surface area contributed by atoms with E-state index in [1.165, 1.54) is 18.2 Å². The molecule has 0 aliphatic heterocycles. The van der Waals surface area contributed by atoms with E-state index in [9.17, 15) is 20.2 Å². The maximum atomic E-state index is 12.6. The molecule has 0 aliphatic carbocycles. The van der Waals surface area contributed by atoms with Gasteiger partial charge in [-0.05, 0) is 73.7 Å². The average Bonchev–Trinajstić information content (AvgIpc) is 2.82. The Kier molecular flexibility index (Phi) is 8.57. The highest BCUT2D eigenvalue weighted by molar-refractivity contribution is 9.11. The molecular formula is C25H19Br2N3O4. The number of nitriles is 1. The number of hydrogen-bond acceptors (Lipinski definition) is 5. The summed E-state index contributed by atoms with van der Waals surface area (Å²) in [4.78, 5) is 23.1. The van der Waals surface area contributed by atoms with Crippen molar-refractivity contribution in [3.8, 4) is 11.8 Å². The van der Waals surface area contributed by atoms with Crippen LogP contribution < -0.4 is 10.1 Å². The third-order valence-corrected chi connectivity index (χ3v) is 6.03. The number of benzene rings is 3. The van der Waals surface area contributed by atoms with Crippen molar-refractivity contribution in [2.45, 2.75) is 19.6 Å². The molecule has 3 aromatic carbocycles. The first kappa shape index (κ1) is 25.1. The summed E-state index contributed by atoms with van der Waals surface area (Å²) >= 11 is 6.91. The molecule has 1 atom stereocenters. The number of ether oxygens (including phenoxy) is 1. The summed E-state index contributed by atoms with van der Waals surface area (Å²) in [7, 11) is 0. The van der Waals surface area contributed by atoms with Crippen molar-refractivity contribution in [2.24, 2.45) is 0 Å². The number of carbonyl (C=O) groups is 1. The zero-order valence-corrected chi connectivity index (χ0v) is 21.2. The van der Waals surface area contributed by atoms with E-state index < -0.39 is 10.8 Å². The molecule has 0 aliphatic rings. The second-order valence-electron chi connectivity index (χ2n) is 7.31. The van der Waals surface area contributed by atoms with E-state index in [1.807, 2.05) is 43.3 Å². The summed E-state index contributed by atoms with van der Waals surface area (Å²) in [5.74, 6) is 0.0152. The summed E-state index contributed by atoms with van der Waals surface area (Å²) in [6.45, 7) is 1.97. The zero-order valence-electron chi connectivity index (χ0n) is 18.0. The number of nitro benzene ring substituents is 1. The molecule has 0 fully saturated rings. The van der Waals surface area contributed by atoms with Gasteiger partial charge in [-0.3, -0.25) is 14.9 Å². The topological polar surface area (TPSA) is 105 Å². The average molecular weight is 585 g/mol. The first-order valence-corrected chi connectivity index (χ1v) is 11.7. The predicted molar refractivity (Wildman–Crippen MR) is 136 cm³/mol. The highest BCUT2D eigenvalue weighted by Crippen LogP contribution is 2.36. The number of amides is 1. The van der Waals surface area contributed by atoms with E-state index in [0.717, 1.165) is 5.56 Å². The van der Waals surface area contributed by atoms with Gasteiger partial charge in [-0.1, -0.05) is 42.5 Å². The second-order valence-corrected chi connectivity index (χ2v) is 9.01. The van der Waals surface area contributed by atoms with Crippen LogP contribution in [0.3, 0.4) is 0 Å². The molecule has 7 nitrogen and oxygen atoms in total. The van der Waals surface area contributed by atoms with Crippen molar-refractivity contribution in [3.05, 3.63) is 108 Å². The molecule has 0 bridgehead atoms. The number of hydrogen-bond donors (Lipinski definition) is 1. The fraction of sp³-hybridized carbons (Fsp3) is 0.120. The maximum absolute atomic E-state index is 12.6. The summed E-state index contributed by atoms with van der Waals surface area (Å²) in [6, 6.07) is 20.8. The molecule has 3 aromatic rings. The van der Waals surface area contributed by atoms with Crippen LogP contribution in [0.25, 0.3) is 6.08 Å². The summed E-state index contributed by atoms with van der Waals surface area (Å²) in [6.07, 6.45) is 1.49. The highest BCUT2D eigenvalue weighted by atomic mass is 79.9. The number of nitrogens with one attached hydrogen (secondary N) is 1. The fourth-order valence-electron chi connectivity index (χ4n) is 3.13. The number of nitro groups is 1. The van der Waals surface area contributed by atoms with Gasteiger partial charge in [0.1, 0.15) is 24.0 Å². The van der Waals surface area contributed by atoms with Crippen LogP contribution >= 0.6 is 31.9 Å². The van der Waals surface area contributed by atoms with Crippen molar-refractivity contribution >= 4 is 49.5 Å². The summed E-state index contributed by atoms with van der Waals surface area (Å²) in [5.41, 5.74) is 2.15. The van der Waals surface area contributed by atoms with Gasteiger partial charge in [0.25, 0.3) is 11.6 Å². The van der Waals surface area contributed by atoms with Gasteiger partial charge in [0.15, 0.2) is 0 Å². The Morgan fingerprint density at radius 3 is 2.44 bits per heavy atom. The van der Waals surface area contributed by atoms with Crippen molar-refractivity contribution in [1.82, 2.24) is 5.32 Å². The van der Waals surface area contributed by atoms with Crippen LogP contribution in [-0.4, -0.2) is 10.8 Å². The van der Waals surface area contributed by atoms with E-state index in [4.69, 9.17) is 4.74 Å². The molecule has 1 N–H and O–H groups in total. The minimum Gasteiger partial charge on any atom is -0.487 e. The van der Waals surface area contributed by atoms with Gasteiger partial charge in [0.2, 0.25) is 0 Å². The van der Waals surface area contributed by atoms with Crippen molar-refractivity contribution in [3.63, 3.8) is 0 Å². The van der Waals surface area contributed by atoms with Crippen LogP contribution in [0.15, 0.2) is 81.2 Å². The lowest BCUT2D eigenvalue weighted by Gasteiger charge is -2.14. The fourth-order valence-corrected chi connectivity index (χ4v) is 4.58.